The molecule has 1 aliphatic rings. The van der Waals surface area contributed by atoms with Crippen molar-refractivity contribution in [2.24, 2.45) is 5.92 Å². The normalized spacial score (nSPS) is 15.7. The van der Waals surface area contributed by atoms with Crippen LogP contribution in [0.5, 0.6) is 0 Å². The van der Waals surface area contributed by atoms with Crippen LogP contribution in [0, 0.1) is 24.5 Å². The van der Waals surface area contributed by atoms with Crippen LogP contribution in [0.3, 0.4) is 0 Å². The molecule has 1 aliphatic carbocycles. The molecule has 0 aliphatic heterocycles. The number of amides is 3. The first-order chi connectivity index (χ1) is 20.1. The highest BCUT2D eigenvalue weighted by molar-refractivity contribution is 6.00. The topological polar surface area (TPSA) is 98.7 Å². The molecule has 0 heterocycles. The van der Waals surface area contributed by atoms with E-state index in [9.17, 15) is 28.3 Å². The van der Waals surface area contributed by atoms with E-state index in [1.54, 1.807) is 24.0 Å². The molecule has 2 aromatic rings. The Balaban J connectivity index is 1.75. The van der Waals surface area contributed by atoms with Crippen molar-refractivity contribution < 1.29 is 28.3 Å². The molecule has 228 valence electrons. The van der Waals surface area contributed by atoms with E-state index in [1.165, 1.54) is 6.07 Å². The average molecular weight is 584 g/mol. The van der Waals surface area contributed by atoms with E-state index in [0.29, 0.717) is 25.1 Å². The monoisotopic (exact) mass is 583 g/mol. The number of hydrogen-bond donors (Lipinski definition) is 3. The first-order valence-electron chi connectivity index (χ1n) is 14.9. The Morgan fingerprint density at radius 3 is 2.29 bits per heavy atom. The molecular weight excluding hydrogens is 540 g/mol. The van der Waals surface area contributed by atoms with E-state index in [4.69, 9.17) is 0 Å². The van der Waals surface area contributed by atoms with Crippen LogP contribution >= 0.6 is 0 Å². The molecule has 0 saturated heterocycles. The Morgan fingerprint density at radius 1 is 1.00 bits per heavy atom. The Morgan fingerprint density at radius 2 is 1.67 bits per heavy atom. The highest BCUT2D eigenvalue weighted by atomic mass is 19.1. The van der Waals surface area contributed by atoms with Gasteiger partial charge in [0.25, 0.3) is 11.8 Å². The van der Waals surface area contributed by atoms with Crippen molar-refractivity contribution in [3.05, 3.63) is 82.4 Å². The van der Waals surface area contributed by atoms with Gasteiger partial charge in [-0.3, -0.25) is 14.4 Å². The fourth-order valence-electron chi connectivity index (χ4n) is 5.33. The number of nitrogens with zero attached hydrogens (tertiary/aromatic N) is 1. The van der Waals surface area contributed by atoms with Crippen molar-refractivity contribution in [3.8, 4) is 0 Å². The Kier molecular flexibility index (Phi) is 12.7. The van der Waals surface area contributed by atoms with Gasteiger partial charge in [-0.1, -0.05) is 26.0 Å². The number of carbonyl (C=O) groups excluding carboxylic acids is 3. The van der Waals surface area contributed by atoms with Crippen LogP contribution < -0.4 is 10.6 Å². The van der Waals surface area contributed by atoms with Gasteiger partial charge in [0.2, 0.25) is 5.91 Å². The molecule has 9 heteroatoms. The van der Waals surface area contributed by atoms with Gasteiger partial charge in [-0.15, -0.1) is 0 Å². The molecule has 2 aromatic carbocycles. The van der Waals surface area contributed by atoms with E-state index in [1.807, 2.05) is 19.9 Å². The highest BCUT2D eigenvalue weighted by Gasteiger charge is 2.25. The summed E-state index contributed by atoms with van der Waals surface area (Å²) in [4.78, 5) is 40.7. The lowest BCUT2D eigenvalue weighted by molar-refractivity contribution is -0.121. The van der Waals surface area contributed by atoms with Gasteiger partial charge in [-0.25, -0.2) is 8.78 Å². The molecule has 3 rings (SSSR count). The molecule has 3 N–H and O–H groups in total. The van der Waals surface area contributed by atoms with E-state index < -0.39 is 29.7 Å². The lowest BCUT2D eigenvalue weighted by Crippen LogP contribution is -2.46. The first kappa shape index (κ1) is 32.9. The summed E-state index contributed by atoms with van der Waals surface area (Å²) in [5, 5.41) is 16.7. The summed E-state index contributed by atoms with van der Waals surface area (Å²) in [6, 6.07) is 7.09. The van der Waals surface area contributed by atoms with Crippen molar-refractivity contribution >= 4 is 17.7 Å². The second-order valence-corrected chi connectivity index (χ2v) is 11.1. The van der Waals surface area contributed by atoms with Gasteiger partial charge in [-0.05, 0) is 92.8 Å². The van der Waals surface area contributed by atoms with Gasteiger partial charge >= 0.3 is 0 Å². The summed E-state index contributed by atoms with van der Waals surface area (Å²) in [6.07, 6.45) is 6.95. The summed E-state index contributed by atoms with van der Waals surface area (Å²) in [5.74, 6) is -2.11. The number of aliphatic hydroxyl groups is 1. The molecule has 0 bridgehead atoms. The van der Waals surface area contributed by atoms with Crippen LogP contribution in [-0.2, 0) is 11.2 Å². The van der Waals surface area contributed by atoms with E-state index in [2.05, 4.69) is 16.7 Å². The third kappa shape index (κ3) is 10.0. The van der Waals surface area contributed by atoms with Crippen molar-refractivity contribution in [1.82, 2.24) is 15.5 Å². The van der Waals surface area contributed by atoms with E-state index in [-0.39, 0.29) is 48.2 Å². The fraction of sp³-hybridized carbons (Fsp3) is 0.485. The molecule has 3 amide bonds. The van der Waals surface area contributed by atoms with Crippen molar-refractivity contribution in [3.63, 3.8) is 0 Å². The number of carbonyl (C=O) groups is 3. The minimum absolute atomic E-state index is 0.0409. The Bertz CT molecular complexity index is 1240. The molecule has 0 saturated carbocycles. The molecule has 42 heavy (non-hydrogen) atoms. The van der Waals surface area contributed by atoms with Crippen LogP contribution in [0.15, 0.2) is 48.6 Å². The SMILES string of the molecule is CCCN(CCC)C(=O)c1cc(C)cc(C(=O)NC(Cc2cc(F)cc(F)c2)C(O)CCNC(=O)CC2C=CCC2)c1. The van der Waals surface area contributed by atoms with Crippen LogP contribution in [0.2, 0.25) is 0 Å². The summed E-state index contributed by atoms with van der Waals surface area (Å²) in [5.41, 5.74) is 1.63. The molecular formula is C33H43F2N3O4. The summed E-state index contributed by atoms with van der Waals surface area (Å²) in [7, 11) is 0. The van der Waals surface area contributed by atoms with Crippen LogP contribution in [0.25, 0.3) is 0 Å². The predicted molar refractivity (Wildman–Crippen MR) is 159 cm³/mol. The number of nitrogens with one attached hydrogen (secondary N) is 2. The number of aliphatic hydroxyl groups excluding tert-OH is 1. The number of allylic oxidation sites excluding steroid dienone is 2. The van der Waals surface area contributed by atoms with Gasteiger partial charge in [0.05, 0.1) is 12.1 Å². The summed E-state index contributed by atoms with van der Waals surface area (Å²) in [6.45, 7) is 7.18. The molecule has 3 unspecified atom stereocenters. The molecule has 0 fully saturated rings. The molecule has 0 radical (unpaired) electrons. The minimum Gasteiger partial charge on any atom is -0.391 e. The predicted octanol–water partition coefficient (Wildman–Crippen LogP) is 5.10. The first-order valence-corrected chi connectivity index (χ1v) is 14.9. The third-order valence-corrected chi connectivity index (χ3v) is 7.34. The maximum atomic E-state index is 13.9. The third-order valence-electron chi connectivity index (χ3n) is 7.34. The Labute approximate surface area is 247 Å². The number of rotatable bonds is 15. The summed E-state index contributed by atoms with van der Waals surface area (Å²) >= 11 is 0. The molecule has 0 aromatic heterocycles. The highest BCUT2D eigenvalue weighted by Crippen LogP contribution is 2.20. The van der Waals surface area contributed by atoms with E-state index in [0.717, 1.165) is 49.4 Å². The quantitative estimate of drug-likeness (QED) is 0.254. The lowest BCUT2D eigenvalue weighted by atomic mass is 9.97. The van der Waals surface area contributed by atoms with Crippen molar-refractivity contribution in [1.29, 1.82) is 0 Å². The standard InChI is InChI=1S/C33H43F2N3O4/c1-4-12-38(13-5-2)33(42)26-15-22(3)14-25(20-26)32(41)37-29(18-24-16-27(34)21-28(35)17-24)30(39)10-11-36-31(40)19-23-8-6-7-9-23/h6,8,14-17,20-21,23,29-30,39H,4-5,7,9-13,18-19H2,1-3H3,(H,36,40)(H,37,41). The largest absolute Gasteiger partial charge is 0.391 e. The number of benzene rings is 2. The zero-order valence-electron chi connectivity index (χ0n) is 24.8. The van der Waals surface area contributed by atoms with Gasteiger partial charge in [-0.2, -0.15) is 0 Å². The van der Waals surface area contributed by atoms with E-state index >= 15 is 0 Å². The number of aryl methyl sites for hydroxylation is 1. The smallest absolute Gasteiger partial charge is 0.253 e. The minimum atomic E-state index is -1.12. The lowest BCUT2D eigenvalue weighted by Gasteiger charge is -2.25. The second kappa shape index (κ2) is 16.2. The van der Waals surface area contributed by atoms with Crippen LogP contribution in [0.1, 0.15) is 84.2 Å². The average Bonchev–Trinajstić information content (AvgIpc) is 3.44. The molecule has 7 nitrogen and oxygen atoms in total. The maximum absolute atomic E-state index is 13.9. The van der Waals surface area contributed by atoms with Crippen molar-refractivity contribution in [2.45, 2.75) is 77.9 Å². The van der Waals surface area contributed by atoms with Gasteiger partial charge < -0.3 is 20.6 Å². The van der Waals surface area contributed by atoms with Crippen LogP contribution in [-0.4, -0.2) is 59.5 Å². The zero-order valence-corrected chi connectivity index (χ0v) is 24.8. The molecule has 0 spiro atoms. The van der Waals surface area contributed by atoms with Crippen LogP contribution in [0.4, 0.5) is 8.78 Å². The molecule has 3 atom stereocenters. The number of hydrogen-bond acceptors (Lipinski definition) is 4. The zero-order chi connectivity index (χ0) is 30.6. The maximum Gasteiger partial charge on any atom is 0.253 e. The van der Waals surface area contributed by atoms with Gasteiger partial charge in [0, 0.05) is 43.2 Å². The fourth-order valence-corrected chi connectivity index (χ4v) is 5.33. The van der Waals surface area contributed by atoms with Gasteiger partial charge in [0.15, 0.2) is 0 Å². The number of halogens is 2. The second-order valence-electron chi connectivity index (χ2n) is 11.1. The Hall–Kier alpha value is -3.59. The van der Waals surface area contributed by atoms with Crippen molar-refractivity contribution in [2.75, 3.05) is 19.6 Å². The van der Waals surface area contributed by atoms with Gasteiger partial charge in [0.1, 0.15) is 11.6 Å². The summed E-state index contributed by atoms with van der Waals surface area (Å²) < 4.78 is 27.9.